The number of alkyl halides is 1. The summed E-state index contributed by atoms with van der Waals surface area (Å²) in [6, 6.07) is -0.595. The van der Waals surface area contributed by atoms with Crippen molar-refractivity contribution in [3.8, 4) is 0 Å². The Bertz CT molecular complexity index is 804. The zero-order valence-corrected chi connectivity index (χ0v) is 16.5. The average Bonchev–Trinajstić information content (AvgIpc) is 3.07. The molecule has 1 amide bonds. The summed E-state index contributed by atoms with van der Waals surface area (Å²) in [5.74, 6) is 0.414. The van der Waals surface area contributed by atoms with Crippen LogP contribution in [-0.4, -0.2) is 50.4 Å². The topological polar surface area (TPSA) is 86.3 Å². The van der Waals surface area contributed by atoms with Gasteiger partial charge < -0.3 is 19.9 Å². The molecule has 3 rings (SSSR count). The summed E-state index contributed by atoms with van der Waals surface area (Å²) >= 11 is 2.18. The van der Waals surface area contributed by atoms with Crippen LogP contribution >= 0.6 is 22.6 Å². The van der Waals surface area contributed by atoms with Crippen LogP contribution in [0.4, 0.5) is 15.0 Å². The number of nitrogen functional groups attached to an aromatic ring is 1. The van der Waals surface area contributed by atoms with Crippen molar-refractivity contribution >= 4 is 45.5 Å². The normalized spacial score (nSPS) is 21.1. The number of hydrogen-bond acceptors (Lipinski definition) is 5. The summed E-state index contributed by atoms with van der Waals surface area (Å²) in [7, 11) is 0. The largest absolute Gasteiger partial charge is 0.444 e. The summed E-state index contributed by atoms with van der Waals surface area (Å²) in [5, 5.41) is 0.788. The first-order valence-electron chi connectivity index (χ1n) is 8.03. The van der Waals surface area contributed by atoms with Crippen molar-refractivity contribution in [3.05, 3.63) is 16.1 Å². The van der Waals surface area contributed by atoms with Gasteiger partial charge in [0, 0.05) is 16.3 Å². The average molecular weight is 461 g/mol. The van der Waals surface area contributed by atoms with Crippen LogP contribution in [0.1, 0.15) is 33.2 Å². The third-order valence-electron chi connectivity index (χ3n) is 4.18. The fraction of sp³-hybridized carbons (Fsp3) is 0.562. The van der Waals surface area contributed by atoms with E-state index in [0.29, 0.717) is 24.4 Å². The maximum Gasteiger partial charge on any atom is 0.410 e. The van der Waals surface area contributed by atoms with Gasteiger partial charge in [-0.1, -0.05) is 0 Å². The van der Waals surface area contributed by atoms with Crippen molar-refractivity contribution in [3.63, 3.8) is 0 Å². The number of hydrogen-bond donors (Lipinski definition) is 1. The first-order valence-corrected chi connectivity index (χ1v) is 9.11. The van der Waals surface area contributed by atoms with Crippen LogP contribution in [0.2, 0.25) is 0 Å². The molecular weight excluding hydrogens is 440 g/mol. The second kappa shape index (κ2) is 6.58. The monoisotopic (exact) mass is 461 g/mol. The van der Waals surface area contributed by atoms with Gasteiger partial charge >= 0.3 is 6.09 Å². The van der Waals surface area contributed by atoms with E-state index >= 15 is 0 Å². The van der Waals surface area contributed by atoms with Gasteiger partial charge in [0.25, 0.3) is 0 Å². The maximum absolute atomic E-state index is 13.5. The van der Waals surface area contributed by atoms with E-state index in [1.165, 1.54) is 11.2 Å². The first-order chi connectivity index (χ1) is 11.7. The molecule has 136 valence electrons. The molecule has 2 atom stereocenters. The van der Waals surface area contributed by atoms with E-state index in [1.54, 1.807) is 20.8 Å². The van der Waals surface area contributed by atoms with Gasteiger partial charge in [-0.2, -0.15) is 0 Å². The second-order valence-electron chi connectivity index (χ2n) is 7.17. The number of nitrogens with two attached hydrogens (primary N) is 1. The molecule has 0 radical (unpaired) electrons. The zero-order valence-electron chi connectivity index (χ0n) is 14.4. The van der Waals surface area contributed by atoms with Crippen LogP contribution in [0.15, 0.2) is 12.5 Å². The molecule has 2 N–H and O–H groups in total. The van der Waals surface area contributed by atoms with E-state index in [4.69, 9.17) is 10.5 Å². The number of likely N-dealkylation sites (tertiary alicyclic amines) is 1. The molecule has 1 aliphatic rings. The third-order valence-corrected chi connectivity index (χ3v) is 5.00. The van der Waals surface area contributed by atoms with Gasteiger partial charge in [0.05, 0.1) is 17.5 Å². The fourth-order valence-electron chi connectivity index (χ4n) is 3.12. The highest BCUT2D eigenvalue weighted by molar-refractivity contribution is 14.1. The molecule has 1 fully saturated rings. The molecule has 2 aromatic heterocycles. The predicted octanol–water partition coefficient (Wildman–Crippen LogP) is 3.14. The van der Waals surface area contributed by atoms with Gasteiger partial charge in [0.15, 0.2) is 0 Å². The van der Waals surface area contributed by atoms with Crippen molar-refractivity contribution in [2.75, 3.05) is 19.0 Å². The molecule has 0 aromatic carbocycles. The van der Waals surface area contributed by atoms with Crippen molar-refractivity contribution in [1.82, 2.24) is 19.4 Å². The highest BCUT2D eigenvalue weighted by Crippen LogP contribution is 2.34. The highest BCUT2D eigenvalue weighted by Gasteiger charge is 2.39. The number of carbonyl (C=O) groups excluding carboxylic acids is 1. The first kappa shape index (κ1) is 18.2. The van der Waals surface area contributed by atoms with Crippen molar-refractivity contribution in [1.29, 1.82) is 0 Å². The van der Waals surface area contributed by atoms with Crippen molar-refractivity contribution < 1.29 is 13.9 Å². The van der Waals surface area contributed by atoms with Gasteiger partial charge in [-0.05, 0) is 49.8 Å². The molecule has 0 unspecified atom stereocenters. The number of fused-ring (bicyclic) bond motifs is 1. The Morgan fingerprint density at radius 2 is 2.20 bits per heavy atom. The van der Waals surface area contributed by atoms with E-state index < -0.39 is 24.4 Å². The van der Waals surface area contributed by atoms with Gasteiger partial charge in [-0.3, -0.25) is 0 Å². The van der Waals surface area contributed by atoms with E-state index in [-0.39, 0.29) is 6.04 Å². The Hall–Kier alpha value is -1.65. The minimum atomic E-state index is -0.618. The number of rotatable bonds is 2. The standard InChI is InChI=1S/C16H21FIN5O2/c1-16(2,3)25-15(24)23-6-10(4-9(23)5-17)22-7-11(18)12-13(19)20-8-21-14(12)22/h7-10H,4-6H2,1-3H3,(H2,19,20,21)/t9-,10+/m1/s1. The van der Waals surface area contributed by atoms with Gasteiger partial charge in [0.1, 0.15) is 30.1 Å². The summed E-state index contributed by atoms with van der Waals surface area (Å²) in [4.78, 5) is 22.2. The number of anilines is 1. The molecule has 0 saturated carbocycles. The highest BCUT2D eigenvalue weighted by atomic mass is 127. The quantitative estimate of drug-likeness (QED) is 0.695. The molecule has 1 aliphatic heterocycles. The minimum absolute atomic E-state index is 0.0893. The lowest BCUT2D eigenvalue weighted by molar-refractivity contribution is 0.0203. The Kier molecular flexibility index (Phi) is 4.78. The molecule has 0 aliphatic carbocycles. The van der Waals surface area contributed by atoms with E-state index in [2.05, 4.69) is 32.6 Å². The third kappa shape index (κ3) is 3.51. The Morgan fingerprint density at radius 1 is 1.48 bits per heavy atom. The van der Waals surface area contributed by atoms with Crippen LogP contribution in [0.25, 0.3) is 11.0 Å². The molecule has 0 bridgehead atoms. The number of amides is 1. The van der Waals surface area contributed by atoms with Crippen molar-refractivity contribution in [2.45, 2.75) is 44.9 Å². The number of halogens is 2. The molecule has 9 heteroatoms. The second-order valence-corrected chi connectivity index (χ2v) is 8.33. The number of ether oxygens (including phenoxy) is 1. The molecule has 0 spiro atoms. The number of carbonyl (C=O) groups is 1. The van der Waals surface area contributed by atoms with E-state index in [0.717, 1.165) is 8.96 Å². The summed E-state index contributed by atoms with van der Waals surface area (Å²) in [5.41, 5.74) is 6.04. The summed E-state index contributed by atoms with van der Waals surface area (Å²) in [6.07, 6.45) is 3.35. The van der Waals surface area contributed by atoms with Gasteiger partial charge in [0.2, 0.25) is 0 Å². The van der Waals surface area contributed by atoms with Crippen LogP contribution in [0.3, 0.4) is 0 Å². The Morgan fingerprint density at radius 3 is 2.84 bits per heavy atom. The summed E-state index contributed by atoms with van der Waals surface area (Å²) < 4.78 is 21.8. The van der Waals surface area contributed by atoms with E-state index in [1.807, 2.05) is 10.8 Å². The molecule has 1 saturated heterocycles. The van der Waals surface area contributed by atoms with Crippen LogP contribution in [0.5, 0.6) is 0 Å². The van der Waals surface area contributed by atoms with E-state index in [9.17, 15) is 9.18 Å². The van der Waals surface area contributed by atoms with Crippen LogP contribution in [-0.2, 0) is 4.74 Å². The lowest BCUT2D eigenvalue weighted by Gasteiger charge is -2.27. The maximum atomic E-state index is 13.5. The fourth-order valence-corrected chi connectivity index (χ4v) is 3.94. The predicted molar refractivity (Wildman–Crippen MR) is 101 cm³/mol. The van der Waals surface area contributed by atoms with Gasteiger partial charge in [-0.15, -0.1) is 0 Å². The van der Waals surface area contributed by atoms with Crippen molar-refractivity contribution in [2.24, 2.45) is 0 Å². The smallest absolute Gasteiger partial charge is 0.410 e. The zero-order chi connectivity index (χ0) is 18.4. The minimum Gasteiger partial charge on any atom is -0.444 e. The molecule has 7 nitrogen and oxygen atoms in total. The lowest BCUT2D eigenvalue weighted by Crippen LogP contribution is -2.40. The SMILES string of the molecule is CC(C)(C)OC(=O)N1C[C@@H](n2cc(I)c3c(N)ncnc32)C[C@@H]1CF. The van der Waals surface area contributed by atoms with Crippen LogP contribution in [0, 0.1) is 3.57 Å². The molecule has 25 heavy (non-hydrogen) atoms. The number of nitrogens with zero attached hydrogens (tertiary/aromatic N) is 4. The molecule has 2 aromatic rings. The Labute approximate surface area is 158 Å². The number of aromatic nitrogens is 3. The molecule has 3 heterocycles. The lowest BCUT2D eigenvalue weighted by atomic mass is 10.2. The van der Waals surface area contributed by atoms with Gasteiger partial charge in [-0.25, -0.2) is 19.2 Å². The molecular formula is C16H21FIN5O2. The Balaban J connectivity index is 1.90. The van der Waals surface area contributed by atoms with Crippen LogP contribution < -0.4 is 5.73 Å². The summed E-state index contributed by atoms with van der Waals surface area (Å²) in [6.45, 7) is 5.15.